The number of nitro groups is 2. The standard InChI is InChI=1S/C25H17BrN4O9/c1-37-22-11-14(9-16(13-27)24(31)28-17-5-3-15(4-6-17)25(32)38-2)10-19(26)23(22)39-21-8-7-18(29(33)34)12-20(21)30(35)36/h3-12H,1-2H3,(H,28,31)/b16-9+. The number of methoxy groups -OCH3 is 2. The molecule has 3 rings (SSSR count). The Morgan fingerprint density at radius 1 is 1.00 bits per heavy atom. The van der Waals surface area contributed by atoms with Gasteiger partial charge in [0.1, 0.15) is 11.6 Å². The van der Waals surface area contributed by atoms with Crippen molar-refractivity contribution in [3.8, 4) is 23.3 Å². The molecule has 0 bridgehead atoms. The molecule has 0 radical (unpaired) electrons. The normalized spacial score (nSPS) is 10.7. The first-order chi connectivity index (χ1) is 18.6. The highest BCUT2D eigenvalue weighted by Gasteiger charge is 2.23. The number of nitriles is 1. The largest absolute Gasteiger partial charge is 0.493 e. The van der Waals surface area contributed by atoms with Crippen LogP contribution in [0.3, 0.4) is 0 Å². The van der Waals surface area contributed by atoms with Gasteiger partial charge >= 0.3 is 11.7 Å². The van der Waals surface area contributed by atoms with Crippen molar-refractivity contribution in [2.75, 3.05) is 19.5 Å². The Balaban J connectivity index is 1.90. The molecule has 0 aliphatic rings. The zero-order chi connectivity index (χ0) is 28.7. The molecule has 0 saturated carbocycles. The number of carbonyl (C=O) groups excluding carboxylic acids is 2. The van der Waals surface area contributed by atoms with E-state index in [0.717, 1.165) is 18.2 Å². The van der Waals surface area contributed by atoms with Crippen LogP contribution in [0.5, 0.6) is 17.2 Å². The summed E-state index contributed by atoms with van der Waals surface area (Å²) in [6.07, 6.45) is 1.28. The number of nitrogens with one attached hydrogen (secondary N) is 1. The van der Waals surface area contributed by atoms with E-state index >= 15 is 0 Å². The molecule has 1 N–H and O–H groups in total. The van der Waals surface area contributed by atoms with Gasteiger partial charge in [0.05, 0.1) is 40.2 Å². The third-order valence-corrected chi connectivity index (χ3v) is 5.64. The zero-order valence-electron chi connectivity index (χ0n) is 20.2. The minimum absolute atomic E-state index is 0.0141. The number of rotatable bonds is 9. The van der Waals surface area contributed by atoms with Crippen LogP contribution in [0.25, 0.3) is 6.08 Å². The fourth-order valence-electron chi connectivity index (χ4n) is 3.20. The number of non-ortho nitro benzene ring substituents is 1. The first-order valence-corrected chi connectivity index (χ1v) is 11.5. The van der Waals surface area contributed by atoms with Crippen LogP contribution in [0.4, 0.5) is 17.1 Å². The van der Waals surface area contributed by atoms with Gasteiger partial charge in [0, 0.05) is 11.8 Å². The molecule has 0 fully saturated rings. The molecular formula is C25H17BrN4O9. The number of amides is 1. The topological polar surface area (TPSA) is 184 Å². The molecule has 0 saturated heterocycles. The van der Waals surface area contributed by atoms with Gasteiger partial charge < -0.3 is 19.5 Å². The van der Waals surface area contributed by atoms with Crippen molar-refractivity contribution in [3.63, 3.8) is 0 Å². The Labute approximate surface area is 228 Å². The van der Waals surface area contributed by atoms with Crippen molar-refractivity contribution in [3.05, 3.63) is 96.0 Å². The number of nitro benzene ring substituents is 2. The lowest BCUT2D eigenvalue weighted by atomic mass is 10.1. The number of anilines is 1. The number of nitrogens with zero attached hydrogens (tertiary/aromatic N) is 3. The Kier molecular flexibility index (Phi) is 8.92. The number of hydrogen-bond acceptors (Lipinski definition) is 10. The molecular weight excluding hydrogens is 580 g/mol. The average Bonchev–Trinajstić information content (AvgIpc) is 2.92. The molecule has 0 aromatic heterocycles. The highest BCUT2D eigenvalue weighted by atomic mass is 79.9. The first-order valence-electron chi connectivity index (χ1n) is 10.7. The van der Waals surface area contributed by atoms with E-state index in [-0.39, 0.29) is 32.9 Å². The molecule has 14 heteroatoms. The summed E-state index contributed by atoms with van der Waals surface area (Å²) in [5.74, 6) is -1.44. The summed E-state index contributed by atoms with van der Waals surface area (Å²) in [5, 5.41) is 34.6. The molecule has 3 aromatic carbocycles. The minimum atomic E-state index is -0.819. The molecule has 0 heterocycles. The maximum atomic E-state index is 12.7. The lowest BCUT2D eigenvalue weighted by Gasteiger charge is -2.13. The number of ether oxygens (including phenoxy) is 3. The Hall–Kier alpha value is -5.29. The van der Waals surface area contributed by atoms with Crippen LogP contribution in [-0.2, 0) is 9.53 Å². The van der Waals surface area contributed by atoms with Crippen LogP contribution in [-0.4, -0.2) is 35.9 Å². The van der Waals surface area contributed by atoms with Gasteiger partial charge in [-0.05, 0) is 70.0 Å². The molecule has 0 aliphatic carbocycles. The van der Waals surface area contributed by atoms with Gasteiger partial charge in [-0.3, -0.25) is 25.0 Å². The Bertz CT molecular complexity index is 1550. The lowest BCUT2D eigenvalue weighted by Crippen LogP contribution is -2.13. The quantitative estimate of drug-likeness (QED) is 0.110. The second-order valence-corrected chi connectivity index (χ2v) is 8.35. The van der Waals surface area contributed by atoms with Crippen LogP contribution in [0.1, 0.15) is 15.9 Å². The van der Waals surface area contributed by atoms with Crippen molar-refractivity contribution in [1.82, 2.24) is 0 Å². The van der Waals surface area contributed by atoms with Crippen LogP contribution in [0.15, 0.2) is 64.6 Å². The summed E-state index contributed by atoms with van der Waals surface area (Å²) in [5.41, 5.74) is -0.420. The number of benzene rings is 3. The number of carbonyl (C=O) groups is 2. The number of hydrogen-bond donors (Lipinski definition) is 1. The van der Waals surface area contributed by atoms with Gasteiger partial charge in [0.25, 0.3) is 11.6 Å². The lowest BCUT2D eigenvalue weighted by molar-refractivity contribution is -0.394. The second kappa shape index (κ2) is 12.3. The molecule has 0 spiro atoms. The summed E-state index contributed by atoms with van der Waals surface area (Å²) in [6.45, 7) is 0. The Morgan fingerprint density at radius 2 is 1.69 bits per heavy atom. The van der Waals surface area contributed by atoms with Crippen molar-refractivity contribution in [2.45, 2.75) is 0 Å². The second-order valence-electron chi connectivity index (χ2n) is 7.50. The maximum absolute atomic E-state index is 12.7. The van der Waals surface area contributed by atoms with Crippen LogP contribution >= 0.6 is 15.9 Å². The Morgan fingerprint density at radius 3 is 2.26 bits per heavy atom. The number of halogens is 1. The van der Waals surface area contributed by atoms with Gasteiger partial charge in [-0.2, -0.15) is 5.26 Å². The monoisotopic (exact) mass is 596 g/mol. The van der Waals surface area contributed by atoms with Gasteiger partial charge in [0.15, 0.2) is 11.5 Å². The van der Waals surface area contributed by atoms with Crippen LogP contribution < -0.4 is 14.8 Å². The summed E-state index contributed by atoms with van der Waals surface area (Å²) in [4.78, 5) is 45.1. The minimum Gasteiger partial charge on any atom is -0.493 e. The SMILES string of the molecule is COC(=O)c1ccc(NC(=O)/C(C#N)=C/c2cc(Br)c(Oc3ccc([N+](=O)[O-])cc3[N+](=O)[O-])c(OC)c2)cc1. The predicted octanol–water partition coefficient (Wildman–Crippen LogP) is 5.40. The molecule has 13 nitrogen and oxygen atoms in total. The van der Waals surface area contributed by atoms with Crippen LogP contribution in [0, 0.1) is 31.6 Å². The van der Waals surface area contributed by atoms with Gasteiger partial charge in [-0.15, -0.1) is 0 Å². The first kappa shape index (κ1) is 28.3. The highest BCUT2D eigenvalue weighted by molar-refractivity contribution is 9.10. The van der Waals surface area contributed by atoms with E-state index in [4.69, 9.17) is 9.47 Å². The summed E-state index contributed by atoms with van der Waals surface area (Å²) >= 11 is 3.29. The van der Waals surface area contributed by atoms with Gasteiger partial charge in [-0.25, -0.2) is 4.79 Å². The van der Waals surface area contributed by atoms with E-state index in [9.17, 15) is 35.1 Å². The van der Waals surface area contributed by atoms with E-state index in [0.29, 0.717) is 11.3 Å². The molecule has 39 heavy (non-hydrogen) atoms. The summed E-state index contributed by atoms with van der Waals surface area (Å²) < 4.78 is 15.9. The average molecular weight is 597 g/mol. The summed E-state index contributed by atoms with van der Waals surface area (Å²) in [6, 6.07) is 13.5. The molecule has 3 aromatic rings. The molecule has 198 valence electrons. The smallest absolute Gasteiger partial charge is 0.337 e. The third kappa shape index (κ3) is 6.73. The van der Waals surface area contributed by atoms with Gasteiger partial charge in [0.2, 0.25) is 5.75 Å². The van der Waals surface area contributed by atoms with Crippen molar-refractivity contribution in [2.24, 2.45) is 0 Å². The van der Waals surface area contributed by atoms with E-state index in [1.165, 1.54) is 56.7 Å². The molecule has 0 aliphatic heterocycles. The van der Waals surface area contributed by atoms with Crippen LogP contribution in [0.2, 0.25) is 0 Å². The fourth-order valence-corrected chi connectivity index (χ4v) is 3.74. The zero-order valence-corrected chi connectivity index (χ0v) is 21.8. The highest BCUT2D eigenvalue weighted by Crippen LogP contribution is 2.43. The van der Waals surface area contributed by atoms with Gasteiger partial charge in [-0.1, -0.05) is 0 Å². The van der Waals surface area contributed by atoms with E-state index < -0.39 is 33.1 Å². The molecule has 1 amide bonds. The fraction of sp³-hybridized carbons (Fsp3) is 0.0800. The predicted molar refractivity (Wildman–Crippen MR) is 141 cm³/mol. The van der Waals surface area contributed by atoms with Crippen molar-refractivity contribution in [1.29, 1.82) is 5.26 Å². The third-order valence-electron chi connectivity index (χ3n) is 5.05. The molecule has 0 unspecified atom stereocenters. The maximum Gasteiger partial charge on any atom is 0.337 e. The van der Waals surface area contributed by atoms with E-state index in [1.54, 1.807) is 0 Å². The van der Waals surface area contributed by atoms with Crippen molar-refractivity contribution >= 4 is 50.9 Å². The van der Waals surface area contributed by atoms with Crippen molar-refractivity contribution < 1.29 is 33.6 Å². The van der Waals surface area contributed by atoms with E-state index in [1.807, 2.05) is 6.07 Å². The van der Waals surface area contributed by atoms with E-state index in [2.05, 4.69) is 26.0 Å². The summed E-state index contributed by atoms with van der Waals surface area (Å²) in [7, 11) is 2.55. The molecule has 0 atom stereocenters. The number of esters is 1.